The molecule has 122 valence electrons. The van der Waals surface area contributed by atoms with Crippen molar-refractivity contribution in [2.24, 2.45) is 0 Å². The lowest BCUT2D eigenvalue weighted by molar-refractivity contribution is -0.113. The maximum atomic E-state index is 12.7. The maximum Gasteiger partial charge on any atom is 0.270 e. The second-order valence-electron chi connectivity index (χ2n) is 5.43. The smallest absolute Gasteiger partial charge is 0.270 e. The second-order valence-corrected chi connectivity index (χ2v) is 7.11. The van der Waals surface area contributed by atoms with E-state index in [2.05, 4.69) is 4.98 Å². The van der Waals surface area contributed by atoms with E-state index < -0.39 is 0 Å². The van der Waals surface area contributed by atoms with Crippen LogP contribution in [0, 0.1) is 0 Å². The number of hydrogen-bond acceptors (Lipinski definition) is 5. The van der Waals surface area contributed by atoms with Gasteiger partial charge >= 0.3 is 0 Å². The van der Waals surface area contributed by atoms with E-state index in [1.165, 1.54) is 16.7 Å². The second kappa shape index (κ2) is 7.15. The minimum Gasteiger partial charge on any atom is -0.490 e. The van der Waals surface area contributed by atoms with Crippen LogP contribution in [-0.4, -0.2) is 21.3 Å². The minimum atomic E-state index is -0.141. The summed E-state index contributed by atoms with van der Waals surface area (Å²) in [7, 11) is 0. The highest BCUT2D eigenvalue weighted by Gasteiger charge is 2.33. The molecule has 1 aliphatic rings. The number of rotatable bonds is 4. The van der Waals surface area contributed by atoms with Gasteiger partial charge in [0.2, 0.25) is 0 Å². The summed E-state index contributed by atoms with van der Waals surface area (Å²) in [5, 5.41) is 0. The lowest BCUT2D eigenvalue weighted by Gasteiger charge is -2.13. The zero-order valence-corrected chi connectivity index (χ0v) is 14.9. The fraction of sp³-hybridized carbons (Fsp3) is 0.167. The van der Waals surface area contributed by atoms with Gasteiger partial charge in [0.15, 0.2) is 4.32 Å². The number of thiocarbonyl (C=S) groups is 1. The molecule has 1 saturated heterocycles. The zero-order valence-electron chi connectivity index (χ0n) is 13.3. The average molecular weight is 356 g/mol. The van der Waals surface area contributed by atoms with Crippen LogP contribution in [0.2, 0.25) is 0 Å². The highest BCUT2D eigenvalue weighted by atomic mass is 32.2. The summed E-state index contributed by atoms with van der Waals surface area (Å²) < 4.78 is 6.31. The van der Waals surface area contributed by atoms with E-state index in [-0.39, 0.29) is 12.0 Å². The van der Waals surface area contributed by atoms with Crippen LogP contribution in [0.15, 0.2) is 53.7 Å². The molecule has 1 aliphatic heterocycles. The first-order chi connectivity index (χ1) is 11.6. The Morgan fingerprint density at radius 1 is 1.25 bits per heavy atom. The van der Waals surface area contributed by atoms with E-state index in [0.717, 1.165) is 11.3 Å². The van der Waals surface area contributed by atoms with Crippen LogP contribution in [-0.2, 0) is 4.79 Å². The number of amides is 1. The van der Waals surface area contributed by atoms with Crippen LogP contribution in [0.25, 0.3) is 6.08 Å². The van der Waals surface area contributed by atoms with Gasteiger partial charge in [0.25, 0.3) is 5.91 Å². The van der Waals surface area contributed by atoms with Gasteiger partial charge < -0.3 is 4.74 Å². The van der Waals surface area contributed by atoms with E-state index >= 15 is 0 Å². The molecule has 0 bridgehead atoms. The molecule has 0 aliphatic carbocycles. The van der Waals surface area contributed by atoms with Crippen molar-refractivity contribution in [2.45, 2.75) is 20.0 Å². The van der Waals surface area contributed by atoms with Crippen molar-refractivity contribution in [1.29, 1.82) is 0 Å². The van der Waals surface area contributed by atoms with Gasteiger partial charge in [-0.2, -0.15) is 0 Å². The van der Waals surface area contributed by atoms with E-state index in [4.69, 9.17) is 17.0 Å². The van der Waals surface area contributed by atoms with E-state index in [0.29, 0.717) is 14.9 Å². The summed E-state index contributed by atoms with van der Waals surface area (Å²) in [6, 6.07) is 11.2. The van der Waals surface area contributed by atoms with Crippen molar-refractivity contribution in [1.82, 2.24) is 4.98 Å². The summed E-state index contributed by atoms with van der Waals surface area (Å²) in [6.07, 6.45) is 5.18. The Kier molecular flexibility index (Phi) is 4.97. The number of ether oxygens (including phenoxy) is 1. The van der Waals surface area contributed by atoms with Crippen molar-refractivity contribution in [2.75, 3.05) is 4.90 Å². The molecule has 24 heavy (non-hydrogen) atoms. The Hall–Kier alpha value is -2.18. The van der Waals surface area contributed by atoms with Crippen LogP contribution in [0.3, 0.4) is 0 Å². The molecule has 0 N–H and O–H groups in total. The monoisotopic (exact) mass is 356 g/mol. The largest absolute Gasteiger partial charge is 0.490 e. The summed E-state index contributed by atoms with van der Waals surface area (Å²) in [5.41, 5.74) is 1.54. The van der Waals surface area contributed by atoms with Gasteiger partial charge in [0.05, 0.1) is 22.9 Å². The highest BCUT2D eigenvalue weighted by Crippen LogP contribution is 2.36. The minimum absolute atomic E-state index is 0.0597. The standard InChI is InChI=1S/C18H16N2O2S2/c1-12(2)22-15-8-4-3-6-13(15)10-16-17(21)20(18(23)24-16)14-7-5-9-19-11-14/h3-12H,1-2H3/b16-10-. The van der Waals surface area contributed by atoms with Crippen molar-refractivity contribution >= 4 is 46.0 Å². The molecule has 6 heteroatoms. The average Bonchev–Trinajstić information content (AvgIpc) is 2.83. The third-order valence-electron chi connectivity index (χ3n) is 3.27. The Labute approximate surface area is 150 Å². The SMILES string of the molecule is CC(C)Oc1ccccc1/C=C1\SC(=S)N(c2cccnc2)C1=O. The lowest BCUT2D eigenvalue weighted by Crippen LogP contribution is -2.27. The first-order valence-electron chi connectivity index (χ1n) is 7.50. The Bertz CT molecular complexity index is 804. The number of hydrogen-bond donors (Lipinski definition) is 0. The summed E-state index contributed by atoms with van der Waals surface area (Å²) in [4.78, 5) is 18.9. The molecule has 0 radical (unpaired) electrons. The molecule has 1 fully saturated rings. The molecule has 0 saturated carbocycles. The van der Waals surface area contributed by atoms with Crippen molar-refractivity contribution < 1.29 is 9.53 Å². The number of thioether (sulfide) groups is 1. The van der Waals surface area contributed by atoms with Gasteiger partial charge in [0, 0.05) is 11.8 Å². The highest BCUT2D eigenvalue weighted by molar-refractivity contribution is 8.27. The van der Waals surface area contributed by atoms with Gasteiger partial charge in [-0.05, 0) is 38.1 Å². The molecule has 4 nitrogen and oxygen atoms in total. The number of benzene rings is 1. The summed E-state index contributed by atoms with van der Waals surface area (Å²) in [6.45, 7) is 3.94. The van der Waals surface area contributed by atoms with Gasteiger partial charge in [-0.3, -0.25) is 14.7 Å². The fourth-order valence-electron chi connectivity index (χ4n) is 2.28. The molecule has 3 rings (SSSR count). The van der Waals surface area contributed by atoms with Crippen molar-refractivity contribution in [3.8, 4) is 5.75 Å². The molecule has 0 unspecified atom stereocenters. The number of anilines is 1. The van der Waals surface area contributed by atoms with E-state index in [1.807, 2.05) is 50.3 Å². The van der Waals surface area contributed by atoms with Gasteiger partial charge in [-0.25, -0.2) is 0 Å². The number of carbonyl (C=O) groups is 1. The van der Waals surface area contributed by atoms with Crippen LogP contribution < -0.4 is 9.64 Å². The number of aromatic nitrogens is 1. The third-order valence-corrected chi connectivity index (χ3v) is 4.57. The first-order valence-corrected chi connectivity index (χ1v) is 8.72. The van der Waals surface area contributed by atoms with Crippen LogP contribution >= 0.6 is 24.0 Å². The van der Waals surface area contributed by atoms with E-state index in [9.17, 15) is 4.79 Å². The molecule has 1 amide bonds. The van der Waals surface area contributed by atoms with Crippen LogP contribution in [0.5, 0.6) is 5.75 Å². The Balaban J connectivity index is 1.93. The molecule has 0 atom stereocenters. The molecule has 1 aromatic carbocycles. The van der Waals surface area contributed by atoms with Crippen LogP contribution in [0.4, 0.5) is 5.69 Å². The first kappa shape index (κ1) is 16.7. The number of pyridine rings is 1. The zero-order chi connectivity index (χ0) is 17.1. The number of nitrogens with zero attached hydrogens (tertiary/aromatic N) is 2. The Morgan fingerprint density at radius 2 is 2.04 bits per heavy atom. The Morgan fingerprint density at radius 3 is 2.75 bits per heavy atom. The normalized spacial score (nSPS) is 16.3. The van der Waals surface area contributed by atoms with Gasteiger partial charge in [0.1, 0.15) is 5.75 Å². The van der Waals surface area contributed by atoms with E-state index in [1.54, 1.807) is 18.5 Å². The van der Waals surface area contributed by atoms with Crippen molar-refractivity contribution in [3.63, 3.8) is 0 Å². The summed E-state index contributed by atoms with van der Waals surface area (Å²) in [5.74, 6) is 0.608. The van der Waals surface area contributed by atoms with Crippen LogP contribution in [0.1, 0.15) is 19.4 Å². The molecule has 2 heterocycles. The number of para-hydroxylation sites is 1. The topological polar surface area (TPSA) is 42.4 Å². The quantitative estimate of drug-likeness (QED) is 0.604. The van der Waals surface area contributed by atoms with Gasteiger partial charge in [-0.1, -0.05) is 42.2 Å². The molecule has 2 aromatic rings. The number of carbonyl (C=O) groups excluding carboxylic acids is 1. The predicted octanol–water partition coefficient (Wildman–Crippen LogP) is 4.27. The molecular weight excluding hydrogens is 340 g/mol. The molecular formula is C18H16N2O2S2. The third kappa shape index (κ3) is 3.49. The lowest BCUT2D eigenvalue weighted by atomic mass is 10.2. The van der Waals surface area contributed by atoms with Gasteiger partial charge in [-0.15, -0.1) is 0 Å². The molecule has 0 spiro atoms. The molecule has 1 aromatic heterocycles. The van der Waals surface area contributed by atoms with Crippen molar-refractivity contribution in [3.05, 3.63) is 59.3 Å². The fourth-order valence-corrected chi connectivity index (χ4v) is 3.57. The predicted molar refractivity (Wildman–Crippen MR) is 102 cm³/mol. The maximum absolute atomic E-state index is 12.7. The summed E-state index contributed by atoms with van der Waals surface area (Å²) >= 11 is 6.65.